The lowest BCUT2D eigenvalue weighted by Gasteiger charge is -2.61. The number of carbonyl (C=O) groups excluding carboxylic acids is 1. The quantitative estimate of drug-likeness (QED) is 0.696. The molecule has 2 nitrogen and oxygen atoms in total. The highest BCUT2D eigenvalue weighted by molar-refractivity contribution is 5.86. The van der Waals surface area contributed by atoms with Crippen LogP contribution in [-0.2, 0) is 4.79 Å². The maximum absolute atomic E-state index is 13.1. The van der Waals surface area contributed by atoms with Crippen molar-refractivity contribution in [2.75, 3.05) is 0 Å². The van der Waals surface area contributed by atoms with Crippen LogP contribution in [0.2, 0.25) is 0 Å². The Balaban J connectivity index is 1.48. The largest absolute Gasteiger partial charge is 0.393 e. The average molecular weight is 331 g/mol. The maximum Gasteiger partial charge on any atom is 0.139 e. The van der Waals surface area contributed by atoms with E-state index >= 15 is 0 Å². The van der Waals surface area contributed by atoms with E-state index in [9.17, 15) is 9.90 Å². The topological polar surface area (TPSA) is 37.3 Å². The van der Waals surface area contributed by atoms with Gasteiger partial charge in [-0.1, -0.05) is 6.92 Å². The first-order valence-corrected chi connectivity index (χ1v) is 10.8. The van der Waals surface area contributed by atoms with E-state index < -0.39 is 0 Å². The van der Waals surface area contributed by atoms with Crippen LogP contribution < -0.4 is 0 Å². The van der Waals surface area contributed by atoms with Gasteiger partial charge in [0, 0.05) is 11.8 Å². The van der Waals surface area contributed by atoms with E-state index in [-0.39, 0.29) is 11.5 Å². The van der Waals surface area contributed by atoms with E-state index in [1.165, 1.54) is 51.4 Å². The molecule has 0 aromatic rings. The second-order valence-electron chi connectivity index (χ2n) is 10.3. The Hall–Kier alpha value is -0.370. The van der Waals surface area contributed by atoms with Gasteiger partial charge < -0.3 is 5.11 Å². The summed E-state index contributed by atoms with van der Waals surface area (Å²) in [5.41, 5.74) is 0.552. The summed E-state index contributed by atoms with van der Waals surface area (Å²) in [7, 11) is 0. The molecule has 0 radical (unpaired) electrons. The van der Waals surface area contributed by atoms with Crippen LogP contribution in [0.5, 0.6) is 0 Å². The Labute approximate surface area is 146 Å². The number of carbonyl (C=O) groups is 1. The molecule has 5 aliphatic rings. The van der Waals surface area contributed by atoms with Crippen molar-refractivity contribution in [1.29, 1.82) is 0 Å². The molecule has 5 saturated carbocycles. The predicted molar refractivity (Wildman–Crippen MR) is 94.4 cm³/mol. The summed E-state index contributed by atoms with van der Waals surface area (Å²) in [5.74, 6) is 4.46. The van der Waals surface area contributed by atoms with Crippen LogP contribution in [0.4, 0.5) is 0 Å². The molecule has 24 heavy (non-hydrogen) atoms. The van der Waals surface area contributed by atoms with Gasteiger partial charge in [-0.2, -0.15) is 0 Å². The second kappa shape index (κ2) is 5.32. The Kier molecular flexibility index (Phi) is 3.51. The molecule has 0 aromatic heterocycles. The fourth-order valence-electron chi connectivity index (χ4n) is 8.74. The van der Waals surface area contributed by atoms with Gasteiger partial charge >= 0.3 is 0 Å². The minimum atomic E-state index is -0.0506. The van der Waals surface area contributed by atoms with Crippen LogP contribution >= 0.6 is 0 Å². The molecule has 134 valence electrons. The van der Waals surface area contributed by atoms with Gasteiger partial charge in [0.2, 0.25) is 0 Å². The summed E-state index contributed by atoms with van der Waals surface area (Å²) in [6.07, 6.45) is 14.4. The highest BCUT2D eigenvalue weighted by Gasteiger charge is 2.64. The normalized spacial score (nSPS) is 56.8. The number of rotatable bonds is 0. The number of ketones is 1. The molecule has 0 bridgehead atoms. The monoisotopic (exact) mass is 330 g/mol. The number of hydrogen-bond donors (Lipinski definition) is 1. The molecule has 0 heterocycles. The smallest absolute Gasteiger partial charge is 0.139 e. The zero-order valence-corrected chi connectivity index (χ0v) is 15.3. The SMILES string of the molecule is C[C@]12CC[C@@H](O)C[C@@H]1CC[C@H]1[C@@H]3CC[C@@H]4CCCC(=O)C43CC[C@@H]12. The van der Waals surface area contributed by atoms with Gasteiger partial charge in [0.1, 0.15) is 5.78 Å². The first-order valence-electron chi connectivity index (χ1n) is 10.8. The fourth-order valence-corrected chi connectivity index (χ4v) is 8.74. The van der Waals surface area contributed by atoms with Crippen molar-refractivity contribution in [1.82, 2.24) is 0 Å². The molecule has 0 aliphatic heterocycles. The Morgan fingerprint density at radius 3 is 2.62 bits per heavy atom. The van der Waals surface area contributed by atoms with Crippen molar-refractivity contribution in [2.24, 2.45) is 40.4 Å². The molecule has 1 unspecified atom stereocenters. The molecule has 5 fully saturated rings. The Morgan fingerprint density at radius 1 is 0.917 bits per heavy atom. The van der Waals surface area contributed by atoms with Crippen LogP contribution in [0, 0.1) is 40.4 Å². The van der Waals surface area contributed by atoms with Gasteiger partial charge in [-0.05, 0) is 106 Å². The summed E-state index contributed by atoms with van der Waals surface area (Å²) >= 11 is 0. The fraction of sp³-hybridized carbons (Fsp3) is 0.955. The van der Waals surface area contributed by atoms with Gasteiger partial charge in [-0.25, -0.2) is 0 Å². The molecular formula is C22H34O2. The van der Waals surface area contributed by atoms with Gasteiger partial charge in [-0.3, -0.25) is 4.79 Å². The van der Waals surface area contributed by atoms with E-state index in [0.717, 1.165) is 49.4 Å². The zero-order valence-electron chi connectivity index (χ0n) is 15.3. The second-order valence-corrected chi connectivity index (χ2v) is 10.3. The van der Waals surface area contributed by atoms with Gasteiger partial charge in [0.05, 0.1) is 6.10 Å². The van der Waals surface area contributed by atoms with Crippen molar-refractivity contribution < 1.29 is 9.90 Å². The molecule has 1 spiro atoms. The molecule has 5 aliphatic carbocycles. The van der Waals surface area contributed by atoms with Crippen molar-refractivity contribution in [2.45, 2.75) is 90.1 Å². The van der Waals surface area contributed by atoms with Crippen LogP contribution in [0.25, 0.3) is 0 Å². The molecule has 1 N–H and O–H groups in total. The first kappa shape index (κ1) is 15.9. The molecule has 5 rings (SSSR count). The van der Waals surface area contributed by atoms with Crippen LogP contribution in [-0.4, -0.2) is 17.0 Å². The molecule has 8 atom stereocenters. The molecule has 0 aromatic carbocycles. The number of Topliss-reactive ketones (excluding diaryl/α,β-unsaturated/α-hetero) is 1. The third-order valence-electron chi connectivity index (χ3n) is 9.80. The number of fused-ring (bicyclic) bond motifs is 4. The van der Waals surface area contributed by atoms with Gasteiger partial charge in [-0.15, -0.1) is 0 Å². The average Bonchev–Trinajstić information content (AvgIpc) is 2.97. The lowest BCUT2D eigenvalue weighted by Crippen LogP contribution is -2.57. The van der Waals surface area contributed by atoms with E-state index in [2.05, 4.69) is 6.92 Å². The molecule has 2 heteroatoms. The zero-order chi connectivity index (χ0) is 16.5. The van der Waals surface area contributed by atoms with Crippen LogP contribution in [0.3, 0.4) is 0 Å². The maximum atomic E-state index is 13.1. The third kappa shape index (κ3) is 1.90. The van der Waals surface area contributed by atoms with E-state index in [0.29, 0.717) is 17.1 Å². The molecular weight excluding hydrogens is 296 g/mol. The van der Waals surface area contributed by atoms with Gasteiger partial charge in [0.15, 0.2) is 0 Å². The minimum Gasteiger partial charge on any atom is -0.393 e. The molecule has 0 saturated heterocycles. The van der Waals surface area contributed by atoms with E-state index in [1.807, 2.05) is 0 Å². The van der Waals surface area contributed by atoms with Crippen molar-refractivity contribution in [3.05, 3.63) is 0 Å². The summed E-state index contributed by atoms with van der Waals surface area (Å²) in [4.78, 5) is 13.1. The van der Waals surface area contributed by atoms with E-state index in [1.54, 1.807) is 0 Å². The number of aliphatic hydroxyl groups excluding tert-OH is 1. The first-order chi connectivity index (χ1) is 11.6. The van der Waals surface area contributed by atoms with Crippen molar-refractivity contribution in [3.8, 4) is 0 Å². The van der Waals surface area contributed by atoms with Crippen LogP contribution in [0.15, 0.2) is 0 Å². The highest BCUT2D eigenvalue weighted by atomic mass is 16.3. The Morgan fingerprint density at radius 2 is 1.75 bits per heavy atom. The summed E-state index contributed by atoms with van der Waals surface area (Å²) in [5, 5.41) is 10.2. The Bertz CT molecular complexity index is 542. The third-order valence-corrected chi connectivity index (χ3v) is 9.80. The molecule has 0 amide bonds. The summed E-state index contributed by atoms with van der Waals surface area (Å²) in [6, 6.07) is 0. The number of hydrogen-bond acceptors (Lipinski definition) is 2. The standard InChI is InChI=1S/C22H34O2/c1-21-11-9-16(23)13-15(21)5-7-17-18(21)10-12-22-14(6-8-19(17)22)3-2-4-20(22)24/h14-19,23H,2-13H2,1H3/t14-,15-,16+,17+,18-,19-,21-,22?/m0/s1. The van der Waals surface area contributed by atoms with E-state index in [4.69, 9.17) is 0 Å². The summed E-state index contributed by atoms with van der Waals surface area (Å²) in [6.45, 7) is 2.55. The predicted octanol–water partition coefficient (Wildman–Crippen LogP) is 4.74. The van der Waals surface area contributed by atoms with Crippen LogP contribution in [0.1, 0.15) is 84.0 Å². The van der Waals surface area contributed by atoms with Crippen molar-refractivity contribution in [3.63, 3.8) is 0 Å². The summed E-state index contributed by atoms with van der Waals surface area (Å²) < 4.78 is 0. The van der Waals surface area contributed by atoms with Gasteiger partial charge in [0.25, 0.3) is 0 Å². The lowest BCUT2D eigenvalue weighted by atomic mass is 9.43. The lowest BCUT2D eigenvalue weighted by molar-refractivity contribution is -0.158. The highest BCUT2D eigenvalue weighted by Crippen LogP contribution is 2.69. The minimum absolute atomic E-state index is 0.0506. The van der Waals surface area contributed by atoms with Crippen molar-refractivity contribution >= 4 is 5.78 Å². The number of aliphatic hydroxyl groups is 1.